The van der Waals surface area contributed by atoms with Crippen molar-refractivity contribution in [3.8, 4) is 11.5 Å². The summed E-state index contributed by atoms with van der Waals surface area (Å²) in [6.45, 7) is 9.84. The third-order valence-corrected chi connectivity index (χ3v) is 8.85. The van der Waals surface area contributed by atoms with Gasteiger partial charge >= 0.3 is 0 Å². The monoisotopic (exact) mass is 634 g/mol. The molecule has 3 N–H and O–H groups in total. The third kappa shape index (κ3) is 5.25. The van der Waals surface area contributed by atoms with Crippen LogP contribution in [0, 0.1) is 13.8 Å². The fraction of sp³-hybridized carbons (Fsp3) is 0.175. The summed E-state index contributed by atoms with van der Waals surface area (Å²) in [5, 5.41) is 16.8. The molecule has 2 aliphatic rings. The summed E-state index contributed by atoms with van der Waals surface area (Å²) in [6, 6.07) is 34.0. The van der Waals surface area contributed by atoms with Crippen molar-refractivity contribution < 1.29 is 9.53 Å². The van der Waals surface area contributed by atoms with Crippen molar-refractivity contribution in [2.45, 2.75) is 33.2 Å². The number of benzene rings is 5. The molecule has 0 fully saturated rings. The van der Waals surface area contributed by atoms with Crippen LogP contribution < -0.4 is 20.7 Å². The molecule has 0 unspecified atom stereocenters. The normalized spacial score (nSPS) is 14.2. The van der Waals surface area contributed by atoms with Gasteiger partial charge in [0.15, 0.2) is 0 Å². The van der Waals surface area contributed by atoms with E-state index in [1.165, 1.54) is 0 Å². The Morgan fingerprint density at radius 2 is 1.29 bits per heavy atom. The minimum absolute atomic E-state index is 0.188. The number of nitrogens with zero attached hydrogens (tertiary/aromatic N) is 3. The number of hydrogen-bond acceptors (Lipinski definition) is 7. The summed E-state index contributed by atoms with van der Waals surface area (Å²) in [5.41, 5.74) is 8.95. The highest BCUT2D eigenvalue weighted by Crippen LogP contribution is 2.58. The van der Waals surface area contributed by atoms with Gasteiger partial charge in [-0.1, -0.05) is 36.4 Å². The topological polar surface area (TPSA) is 90.4 Å². The number of aryl methyl sites for hydroxylation is 2. The number of hydrogen-bond donors (Lipinski definition) is 3. The van der Waals surface area contributed by atoms with E-state index >= 15 is 0 Å². The lowest BCUT2D eigenvalue weighted by molar-refractivity contribution is 0.0675. The van der Waals surface area contributed by atoms with Crippen LogP contribution in [0.5, 0.6) is 11.5 Å². The molecule has 2 aliphatic heterocycles. The largest absolute Gasteiger partial charge is 0.456 e. The van der Waals surface area contributed by atoms with Crippen LogP contribution in [0.2, 0.25) is 0 Å². The molecule has 5 aromatic carbocycles. The number of nitrogens with one attached hydrogen (secondary N) is 3. The highest BCUT2D eigenvalue weighted by molar-refractivity contribution is 6.17. The maximum atomic E-state index is 14.3. The van der Waals surface area contributed by atoms with Gasteiger partial charge in [0.1, 0.15) is 17.0 Å². The van der Waals surface area contributed by atoms with Crippen molar-refractivity contribution in [2.24, 2.45) is 10.1 Å². The lowest BCUT2D eigenvalue weighted by Crippen LogP contribution is -2.44. The summed E-state index contributed by atoms with van der Waals surface area (Å²) in [4.78, 5) is 19.0. The second kappa shape index (κ2) is 12.7. The predicted molar refractivity (Wildman–Crippen MR) is 196 cm³/mol. The zero-order chi connectivity index (χ0) is 33.3. The summed E-state index contributed by atoms with van der Waals surface area (Å²) in [7, 11) is 0. The summed E-state index contributed by atoms with van der Waals surface area (Å²) >= 11 is 0. The molecule has 48 heavy (non-hydrogen) atoms. The van der Waals surface area contributed by atoms with Crippen molar-refractivity contribution in [3.63, 3.8) is 0 Å². The molecule has 2 heterocycles. The smallest absolute Gasteiger partial charge is 0.275 e. The van der Waals surface area contributed by atoms with E-state index in [9.17, 15) is 4.79 Å². The molecule has 0 saturated carbocycles. The molecule has 0 bridgehead atoms. The zero-order valence-corrected chi connectivity index (χ0v) is 27.5. The van der Waals surface area contributed by atoms with Gasteiger partial charge in [-0.3, -0.25) is 9.79 Å². The van der Waals surface area contributed by atoms with Crippen LogP contribution in [0.3, 0.4) is 0 Å². The van der Waals surface area contributed by atoms with Crippen molar-refractivity contribution in [3.05, 3.63) is 137 Å². The predicted octanol–water partition coefficient (Wildman–Crippen LogP) is 9.15. The highest BCUT2D eigenvalue weighted by atomic mass is 16.5. The number of fused-ring (bicyclic) bond motifs is 6. The Labute approximate surface area is 281 Å². The lowest BCUT2D eigenvalue weighted by Gasteiger charge is -2.42. The number of aliphatic imine (C=N–C) groups is 1. The van der Waals surface area contributed by atoms with E-state index in [1.54, 1.807) is 17.4 Å². The minimum Gasteiger partial charge on any atom is -0.456 e. The standard InChI is InChI=1S/C40H38N6O2/c1-5-41-35-24-37-33(22-26(35)3)40(34-23-27(4)36(42-6-2)25-38(34)48-37)32-15-11-10-14-31(32)39(47)46(40)44-21-20-43-28-16-18-30(19-17-28)45-29-12-8-7-9-13-29/h7-25,41-42,45H,5-6H2,1-4H3/b43-20+,44-21+. The van der Waals surface area contributed by atoms with Gasteiger partial charge in [0, 0.05) is 76.4 Å². The lowest BCUT2D eigenvalue weighted by atomic mass is 9.74. The van der Waals surface area contributed by atoms with Gasteiger partial charge in [-0.2, -0.15) is 5.10 Å². The Hall–Kier alpha value is -5.89. The van der Waals surface area contributed by atoms with Gasteiger partial charge < -0.3 is 20.7 Å². The molecule has 7 rings (SSSR count). The number of carbonyl (C=O) groups excluding carboxylic acids is 1. The number of anilines is 4. The number of amides is 1. The van der Waals surface area contributed by atoms with E-state index in [0.717, 1.165) is 69.3 Å². The third-order valence-electron chi connectivity index (χ3n) is 8.85. The highest BCUT2D eigenvalue weighted by Gasteiger charge is 2.57. The first kappa shape index (κ1) is 30.7. The first-order valence-electron chi connectivity index (χ1n) is 16.3. The van der Waals surface area contributed by atoms with Crippen LogP contribution in [0.4, 0.5) is 28.4 Å². The van der Waals surface area contributed by atoms with Crippen LogP contribution >= 0.6 is 0 Å². The fourth-order valence-electron chi connectivity index (χ4n) is 6.69. The van der Waals surface area contributed by atoms with Crippen LogP contribution in [0.25, 0.3) is 0 Å². The van der Waals surface area contributed by atoms with Crippen LogP contribution in [0.15, 0.2) is 113 Å². The van der Waals surface area contributed by atoms with Crippen molar-refractivity contribution >= 4 is 46.8 Å². The van der Waals surface area contributed by atoms with Gasteiger partial charge in [0.25, 0.3) is 5.91 Å². The average molecular weight is 635 g/mol. The molecule has 0 aromatic heterocycles. The SMILES string of the molecule is CCNc1cc2c(cc1C)C1(c3cc(C)c(NCC)cc3O2)c2ccccc2C(=O)N1/N=C/C=N/c1ccc(Nc2ccccc2)cc1. The maximum absolute atomic E-state index is 14.3. The summed E-state index contributed by atoms with van der Waals surface area (Å²) < 4.78 is 6.68. The fourth-order valence-corrected chi connectivity index (χ4v) is 6.69. The second-order valence-electron chi connectivity index (χ2n) is 11.9. The summed E-state index contributed by atoms with van der Waals surface area (Å²) in [6.07, 6.45) is 3.22. The van der Waals surface area contributed by atoms with Crippen molar-refractivity contribution in [2.75, 3.05) is 29.0 Å². The number of para-hydroxylation sites is 1. The number of hydrazone groups is 1. The van der Waals surface area contributed by atoms with Gasteiger partial charge in [0.2, 0.25) is 0 Å². The van der Waals surface area contributed by atoms with E-state index in [4.69, 9.17) is 9.84 Å². The van der Waals surface area contributed by atoms with E-state index in [-0.39, 0.29) is 5.91 Å². The van der Waals surface area contributed by atoms with Crippen LogP contribution in [-0.4, -0.2) is 36.4 Å². The zero-order valence-electron chi connectivity index (χ0n) is 27.5. The molecular formula is C40H38N6O2. The van der Waals surface area contributed by atoms with E-state index in [0.29, 0.717) is 17.1 Å². The molecule has 0 aliphatic carbocycles. The molecule has 8 nitrogen and oxygen atoms in total. The minimum atomic E-state index is -1.06. The molecule has 1 spiro atoms. The van der Waals surface area contributed by atoms with Gasteiger partial charge in [-0.15, -0.1) is 0 Å². The Balaban J connectivity index is 1.32. The first-order chi connectivity index (χ1) is 23.4. The van der Waals surface area contributed by atoms with Crippen molar-refractivity contribution in [1.29, 1.82) is 0 Å². The van der Waals surface area contributed by atoms with Gasteiger partial charge in [-0.05, 0) is 93.4 Å². The van der Waals surface area contributed by atoms with E-state index in [1.807, 2.05) is 91.0 Å². The summed E-state index contributed by atoms with van der Waals surface area (Å²) in [5.74, 6) is 1.17. The molecule has 5 aromatic rings. The van der Waals surface area contributed by atoms with Crippen LogP contribution in [-0.2, 0) is 5.54 Å². The molecule has 0 radical (unpaired) electrons. The molecule has 0 saturated heterocycles. The van der Waals surface area contributed by atoms with Gasteiger partial charge in [-0.25, -0.2) is 5.01 Å². The second-order valence-corrected chi connectivity index (χ2v) is 11.9. The van der Waals surface area contributed by atoms with Crippen molar-refractivity contribution in [1.82, 2.24) is 5.01 Å². The molecule has 8 heteroatoms. The first-order valence-corrected chi connectivity index (χ1v) is 16.3. The van der Waals surface area contributed by atoms with E-state index in [2.05, 4.69) is 60.8 Å². The Kier molecular flexibility index (Phi) is 8.15. The molecule has 240 valence electrons. The Morgan fingerprint density at radius 3 is 1.92 bits per heavy atom. The average Bonchev–Trinajstić information content (AvgIpc) is 3.34. The van der Waals surface area contributed by atoms with Crippen LogP contribution in [0.1, 0.15) is 52.0 Å². The molecule has 1 amide bonds. The Bertz CT molecular complexity index is 1990. The number of rotatable bonds is 9. The molecule has 0 atom stereocenters. The van der Waals surface area contributed by atoms with E-state index < -0.39 is 5.54 Å². The molecular weight excluding hydrogens is 596 g/mol. The Morgan fingerprint density at radius 1 is 0.708 bits per heavy atom. The van der Waals surface area contributed by atoms with Gasteiger partial charge in [0.05, 0.1) is 11.9 Å². The number of ether oxygens (including phenoxy) is 1. The maximum Gasteiger partial charge on any atom is 0.275 e. The number of carbonyl (C=O) groups is 1. The quantitative estimate of drug-likeness (QED) is 0.141.